The second-order valence-corrected chi connectivity index (χ2v) is 7.09. The molecule has 0 spiro atoms. The predicted molar refractivity (Wildman–Crippen MR) is 71.5 cm³/mol. The zero-order chi connectivity index (χ0) is 14.9. The van der Waals surface area contributed by atoms with Crippen LogP contribution in [0.5, 0.6) is 0 Å². The molecule has 0 radical (unpaired) electrons. The lowest BCUT2D eigenvalue weighted by atomic mass is 10.2. The Labute approximate surface area is 120 Å². The fourth-order valence-corrected chi connectivity index (χ4v) is 3.26. The van der Waals surface area contributed by atoms with Crippen molar-refractivity contribution in [3.8, 4) is 0 Å². The highest BCUT2D eigenvalue weighted by atomic mass is 35.5. The van der Waals surface area contributed by atoms with Crippen LogP contribution in [0.25, 0.3) is 0 Å². The van der Waals surface area contributed by atoms with Gasteiger partial charge in [0.05, 0.1) is 5.75 Å². The van der Waals surface area contributed by atoms with Crippen LogP contribution in [0.1, 0.15) is 29.5 Å². The monoisotopic (exact) mass is 318 g/mol. The number of hydrogen-bond donors (Lipinski definition) is 0. The Hall–Kier alpha value is -1.47. The summed E-state index contributed by atoms with van der Waals surface area (Å²) in [6, 6.07) is 3.59. The van der Waals surface area contributed by atoms with E-state index in [1.165, 1.54) is 13.0 Å². The summed E-state index contributed by atoms with van der Waals surface area (Å²) in [4.78, 5) is 3.91. The van der Waals surface area contributed by atoms with Crippen molar-refractivity contribution in [2.24, 2.45) is 0 Å². The summed E-state index contributed by atoms with van der Waals surface area (Å²) in [6.45, 7) is 3.06. The smallest absolute Gasteiger partial charge is 0.244 e. The Morgan fingerprint density at radius 2 is 2.15 bits per heavy atom. The SMILES string of the molecule is Cc1noc([C@H](C)S(=O)(=O)Cc2ccc(F)cc2Cl)n1. The summed E-state index contributed by atoms with van der Waals surface area (Å²) in [7, 11) is -3.59. The molecule has 1 atom stereocenters. The molecule has 0 amide bonds. The zero-order valence-electron chi connectivity index (χ0n) is 10.8. The molecule has 0 saturated heterocycles. The van der Waals surface area contributed by atoms with Crippen LogP contribution >= 0.6 is 11.6 Å². The Bertz CT molecular complexity index is 730. The van der Waals surface area contributed by atoms with Gasteiger partial charge in [0.25, 0.3) is 0 Å². The minimum atomic E-state index is -3.59. The molecule has 0 aliphatic heterocycles. The van der Waals surface area contributed by atoms with Gasteiger partial charge in [-0.1, -0.05) is 22.8 Å². The maximum absolute atomic E-state index is 12.9. The Morgan fingerprint density at radius 3 is 2.70 bits per heavy atom. The van der Waals surface area contributed by atoms with Crippen LogP contribution in [-0.2, 0) is 15.6 Å². The number of benzene rings is 1. The first kappa shape index (κ1) is 14.9. The van der Waals surface area contributed by atoms with Crippen molar-refractivity contribution in [2.75, 3.05) is 0 Å². The maximum Gasteiger partial charge on any atom is 0.244 e. The number of aryl methyl sites for hydroxylation is 1. The minimum Gasteiger partial charge on any atom is -0.338 e. The Morgan fingerprint density at radius 1 is 1.45 bits per heavy atom. The third kappa shape index (κ3) is 3.16. The van der Waals surface area contributed by atoms with Crippen LogP contribution in [0.4, 0.5) is 4.39 Å². The quantitative estimate of drug-likeness (QED) is 0.866. The van der Waals surface area contributed by atoms with Gasteiger partial charge in [0.15, 0.2) is 15.7 Å². The molecule has 2 aromatic rings. The molecule has 5 nitrogen and oxygen atoms in total. The van der Waals surface area contributed by atoms with Gasteiger partial charge in [-0.15, -0.1) is 0 Å². The molecule has 0 N–H and O–H groups in total. The lowest BCUT2D eigenvalue weighted by molar-refractivity contribution is 0.373. The highest BCUT2D eigenvalue weighted by Gasteiger charge is 2.28. The van der Waals surface area contributed by atoms with E-state index in [0.29, 0.717) is 11.4 Å². The van der Waals surface area contributed by atoms with Crippen LogP contribution in [0, 0.1) is 12.7 Å². The summed E-state index contributed by atoms with van der Waals surface area (Å²) in [5.41, 5.74) is 0.330. The molecule has 0 aliphatic rings. The number of nitrogens with zero attached hydrogens (tertiary/aromatic N) is 2. The third-order valence-corrected chi connectivity index (χ3v) is 5.15. The second-order valence-electron chi connectivity index (χ2n) is 4.36. The van der Waals surface area contributed by atoms with Crippen molar-refractivity contribution in [1.29, 1.82) is 0 Å². The maximum atomic E-state index is 12.9. The fraction of sp³-hybridized carbons (Fsp3) is 0.333. The lowest BCUT2D eigenvalue weighted by Gasteiger charge is -2.10. The zero-order valence-corrected chi connectivity index (χ0v) is 12.4. The van der Waals surface area contributed by atoms with Gasteiger partial charge in [-0.05, 0) is 31.5 Å². The van der Waals surface area contributed by atoms with Gasteiger partial charge in [-0.25, -0.2) is 12.8 Å². The molecule has 2 rings (SSSR count). The molecule has 1 aromatic carbocycles. The van der Waals surface area contributed by atoms with Gasteiger partial charge in [-0.3, -0.25) is 0 Å². The van der Waals surface area contributed by atoms with Crippen molar-refractivity contribution in [2.45, 2.75) is 24.9 Å². The minimum absolute atomic E-state index is 0.0285. The van der Waals surface area contributed by atoms with Crippen molar-refractivity contribution >= 4 is 21.4 Å². The van der Waals surface area contributed by atoms with E-state index >= 15 is 0 Å². The van der Waals surface area contributed by atoms with Gasteiger partial charge in [0, 0.05) is 5.02 Å². The van der Waals surface area contributed by atoms with E-state index in [-0.39, 0.29) is 16.7 Å². The van der Waals surface area contributed by atoms with E-state index in [1.807, 2.05) is 0 Å². The highest BCUT2D eigenvalue weighted by Crippen LogP contribution is 2.27. The third-order valence-electron chi connectivity index (χ3n) is 2.80. The first-order valence-corrected chi connectivity index (χ1v) is 7.84. The largest absolute Gasteiger partial charge is 0.338 e. The number of rotatable bonds is 4. The Balaban J connectivity index is 2.27. The normalized spacial score (nSPS) is 13.4. The average Bonchev–Trinajstić information content (AvgIpc) is 2.78. The van der Waals surface area contributed by atoms with Crippen molar-refractivity contribution < 1.29 is 17.3 Å². The molecule has 8 heteroatoms. The average molecular weight is 319 g/mol. The summed E-state index contributed by atoms with van der Waals surface area (Å²) in [5, 5.41) is 2.68. The van der Waals surface area contributed by atoms with Gasteiger partial charge in [0.1, 0.15) is 11.1 Å². The van der Waals surface area contributed by atoms with Crippen molar-refractivity contribution in [3.05, 3.63) is 46.3 Å². The first-order valence-electron chi connectivity index (χ1n) is 5.75. The molecule has 0 fully saturated rings. The summed E-state index contributed by atoms with van der Waals surface area (Å²) >= 11 is 5.83. The summed E-state index contributed by atoms with van der Waals surface area (Å²) in [6.07, 6.45) is 0. The molecule has 1 heterocycles. The number of aromatic nitrogens is 2. The number of sulfone groups is 1. The molecule has 0 unspecified atom stereocenters. The molecule has 1 aromatic heterocycles. The van der Waals surface area contributed by atoms with Crippen LogP contribution in [0.3, 0.4) is 0 Å². The van der Waals surface area contributed by atoms with Crippen LogP contribution in [0.15, 0.2) is 22.7 Å². The molecule has 0 saturated carbocycles. The van der Waals surface area contributed by atoms with E-state index in [1.54, 1.807) is 6.92 Å². The van der Waals surface area contributed by atoms with E-state index in [2.05, 4.69) is 10.1 Å². The summed E-state index contributed by atoms with van der Waals surface area (Å²) in [5.74, 6) is -0.450. The van der Waals surface area contributed by atoms with Gasteiger partial charge in [-0.2, -0.15) is 4.98 Å². The van der Waals surface area contributed by atoms with Gasteiger partial charge < -0.3 is 4.52 Å². The number of hydrogen-bond acceptors (Lipinski definition) is 5. The van der Waals surface area contributed by atoms with Gasteiger partial charge in [0.2, 0.25) is 5.89 Å². The molecule has 20 heavy (non-hydrogen) atoms. The van der Waals surface area contributed by atoms with Crippen LogP contribution in [0.2, 0.25) is 5.02 Å². The molecule has 0 aliphatic carbocycles. The second kappa shape index (κ2) is 5.49. The first-order chi connectivity index (χ1) is 9.29. The topological polar surface area (TPSA) is 73.1 Å². The summed E-state index contributed by atoms with van der Waals surface area (Å²) < 4.78 is 42.3. The van der Waals surface area contributed by atoms with E-state index in [4.69, 9.17) is 16.1 Å². The van der Waals surface area contributed by atoms with E-state index in [9.17, 15) is 12.8 Å². The Kier molecular flexibility index (Phi) is 4.10. The highest BCUT2D eigenvalue weighted by molar-refractivity contribution is 7.90. The molecule has 108 valence electrons. The van der Waals surface area contributed by atoms with Crippen molar-refractivity contribution in [1.82, 2.24) is 10.1 Å². The van der Waals surface area contributed by atoms with Crippen LogP contribution in [-0.4, -0.2) is 18.6 Å². The number of halogens is 2. The fourth-order valence-electron chi connectivity index (χ4n) is 1.61. The van der Waals surface area contributed by atoms with Crippen molar-refractivity contribution in [3.63, 3.8) is 0 Å². The van der Waals surface area contributed by atoms with E-state index in [0.717, 1.165) is 12.1 Å². The molecule has 0 bridgehead atoms. The van der Waals surface area contributed by atoms with Crippen LogP contribution < -0.4 is 0 Å². The standard InChI is InChI=1S/C12H12ClFN2O3S/c1-7(12-15-8(2)16-19-12)20(17,18)6-9-3-4-10(14)5-11(9)13/h3-5,7H,6H2,1-2H3/t7-/m0/s1. The van der Waals surface area contributed by atoms with E-state index < -0.39 is 20.9 Å². The predicted octanol–water partition coefficient (Wildman–Crippen LogP) is 2.85. The molecular formula is C12H12ClFN2O3S. The van der Waals surface area contributed by atoms with Gasteiger partial charge >= 0.3 is 0 Å². The molecular weight excluding hydrogens is 307 g/mol. The lowest BCUT2D eigenvalue weighted by Crippen LogP contribution is -2.13.